The summed E-state index contributed by atoms with van der Waals surface area (Å²) in [5, 5.41) is 2.70. The minimum absolute atomic E-state index is 0.0205. The van der Waals surface area contributed by atoms with E-state index in [0.29, 0.717) is 6.61 Å². The fraction of sp³-hybridized carbons (Fsp3) is 0.316. The van der Waals surface area contributed by atoms with Gasteiger partial charge >= 0.3 is 0 Å². The van der Waals surface area contributed by atoms with Crippen LogP contribution in [0.25, 0.3) is 0 Å². The predicted octanol–water partition coefficient (Wildman–Crippen LogP) is 2.17. The maximum atomic E-state index is 13.2. The number of carbonyl (C=O) groups is 1. The molecule has 27 heavy (non-hydrogen) atoms. The Morgan fingerprint density at radius 2 is 1.78 bits per heavy atom. The second kappa shape index (κ2) is 9.59. The Morgan fingerprint density at radius 3 is 2.37 bits per heavy atom. The van der Waals surface area contributed by atoms with Crippen LogP contribution in [0.1, 0.15) is 12.5 Å². The highest BCUT2D eigenvalue weighted by molar-refractivity contribution is 7.89. The zero-order valence-corrected chi connectivity index (χ0v) is 16.1. The lowest BCUT2D eigenvalue weighted by molar-refractivity contribution is -0.122. The van der Waals surface area contributed by atoms with Crippen molar-refractivity contribution in [1.82, 2.24) is 9.62 Å². The number of sulfonamides is 1. The third-order valence-corrected chi connectivity index (χ3v) is 5.60. The van der Waals surface area contributed by atoms with Crippen LogP contribution in [0.2, 0.25) is 0 Å². The highest BCUT2D eigenvalue weighted by atomic mass is 32.2. The number of hydrogen-bond donors (Lipinski definition) is 1. The Morgan fingerprint density at radius 1 is 1.15 bits per heavy atom. The molecule has 0 aromatic heterocycles. The zero-order chi connectivity index (χ0) is 19.9. The Hall–Kier alpha value is -2.29. The largest absolute Gasteiger partial charge is 0.383 e. The number of nitrogens with one attached hydrogen (secondary N) is 1. The number of rotatable bonds is 9. The van der Waals surface area contributed by atoms with Crippen LogP contribution < -0.4 is 5.32 Å². The fourth-order valence-electron chi connectivity index (χ4n) is 2.54. The van der Waals surface area contributed by atoms with Crippen LogP contribution in [0, 0.1) is 5.82 Å². The number of amides is 1. The zero-order valence-electron chi connectivity index (χ0n) is 15.3. The first-order valence-corrected chi connectivity index (χ1v) is 9.85. The van der Waals surface area contributed by atoms with Crippen LogP contribution in [0.4, 0.5) is 4.39 Å². The molecule has 1 N–H and O–H groups in total. The second-order valence-electron chi connectivity index (χ2n) is 6.14. The number of halogens is 1. The minimum Gasteiger partial charge on any atom is -0.383 e. The summed E-state index contributed by atoms with van der Waals surface area (Å²) in [6, 6.07) is 13.2. The van der Waals surface area contributed by atoms with E-state index in [4.69, 9.17) is 4.74 Å². The van der Waals surface area contributed by atoms with Crippen molar-refractivity contribution in [3.8, 4) is 0 Å². The van der Waals surface area contributed by atoms with Crippen molar-refractivity contribution in [2.45, 2.75) is 24.4 Å². The van der Waals surface area contributed by atoms with Gasteiger partial charge < -0.3 is 10.1 Å². The molecule has 1 atom stereocenters. The molecule has 0 radical (unpaired) electrons. The van der Waals surface area contributed by atoms with E-state index in [1.165, 1.54) is 19.2 Å². The standard InChI is InChI=1S/C19H23FN2O4S/c1-15(14-26-2)21-19(23)13-22(12-16-6-4-3-5-7-16)27(24,25)18-10-8-17(20)9-11-18/h3-11,15H,12-14H2,1-2H3,(H,21,23)/t15-/m0/s1. The van der Waals surface area contributed by atoms with Gasteiger partial charge in [0.05, 0.1) is 18.0 Å². The minimum atomic E-state index is -3.98. The van der Waals surface area contributed by atoms with E-state index in [2.05, 4.69) is 5.32 Å². The summed E-state index contributed by atoms with van der Waals surface area (Å²) >= 11 is 0. The average Bonchev–Trinajstić information content (AvgIpc) is 2.62. The van der Waals surface area contributed by atoms with Gasteiger partial charge in [-0.25, -0.2) is 12.8 Å². The molecule has 0 aliphatic carbocycles. The summed E-state index contributed by atoms with van der Waals surface area (Å²) in [7, 11) is -2.47. The molecule has 8 heteroatoms. The van der Waals surface area contributed by atoms with E-state index in [0.717, 1.165) is 22.0 Å². The Kier molecular flexibility index (Phi) is 7.46. The molecule has 2 rings (SSSR count). The Bertz CT molecular complexity index is 842. The molecule has 0 heterocycles. The average molecular weight is 394 g/mol. The van der Waals surface area contributed by atoms with Crippen molar-refractivity contribution < 1.29 is 22.3 Å². The van der Waals surface area contributed by atoms with Crippen molar-refractivity contribution in [3.05, 3.63) is 66.0 Å². The number of ether oxygens (including phenoxy) is 1. The molecule has 0 bridgehead atoms. The van der Waals surface area contributed by atoms with Gasteiger partial charge in [0.25, 0.3) is 0 Å². The molecule has 0 fully saturated rings. The molecule has 0 spiro atoms. The molecule has 146 valence electrons. The molecule has 0 unspecified atom stereocenters. The topological polar surface area (TPSA) is 75.7 Å². The Balaban J connectivity index is 2.26. The van der Waals surface area contributed by atoms with E-state index < -0.39 is 21.7 Å². The molecule has 0 aliphatic rings. The van der Waals surface area contributed by atoms with Crippen LogP contribution in [-0.4, -0.2) is 44.9 Å². The van der Waals surface area contributed by atoms with E-state index in [1.807, 2.05) is 6.07 Å². The molecule has 0 saturated heterocycles. The molecule has 1 amide bonds. The summed E-state index contributed by atoms with van der Waals surface area (Å²) < 4.78 is 45.2. The molecule has 6 nitrogen and oxygen atoms in total. The van der Waals surface area contributed by atoms with Gasteiger partial charge in [0.2, 0.25) is 15.9 Å². The maximum Gasteiger partial charge on any atom is 0.243 e. The molecular formula is C19H23FN2O4S. The van der Waals surface area contributed by atoms with Gasteiger partial charge in [-0.1, -0.05) is 30.3 Å². The van der Waals surface area contributed by atoms with Crippen LogP contribution in [-0.2, 0) is 26.1 Å². The highest BCUT2D eigenvalue weighted by Gasteiger charge is 2.27. The van der Waals surface area contributed by atoms with Crippen LogP contribution in [0.5, 0.6) is 0 Å². The second-order valence-corrected chi connectivity index (χ2v) is 8.07. The summed E-state index contributed by atoms with van der Waals surface area (Å²) in [5.41, 5.74) is 0.737. The molecular weight excluding hydrogens is 371 g/mol. The van der Waals surface area contributed by atoms with Crippen molar-refractivity contribution in [3.63, 3.8) is 0 Å². The van der Waals surface area contributed by atoms with Crippen molar-refractivity contribution in [1.29, 1.82) is 0 Å². The summed E-state index contributed by atoms with van der Waals surface area (Å²) in [5.74, 6) is -0.976. The normalized spacial score (nSPS) is 12.7. The summed E-state index contributed by atoms with van der Waals surface area (Å²) in [6.07, 6.45) is 0. The van der Waals surface area contributed by atoms with Crippen LogP contribution >= 0.6 is 0 Å². The van der Waals surface area contributed by atoms with Crippen LogP contribution in [0.15, 0.2) is 59.5 Å². The van der Waals surface area contributed by atoms with Crippen molar-refractivity contribution in [2.75, 3.05) is 20.3 Å². The first kappa shape index (κ1) is 21.0. The first-order chi connectivity index (χ1) is 12.8. The van der Waals surface area contributed by atoms with E-state index in [9.17, 15) is 17.6 Å². The number of carbonyl (C=O) groups excluding carboxylic acids is 1. The van der Waals surface area contributed by atoms with Gasteiger partial charge in [0, 0.05) is 19.7 Å². The first-order valence-electron chi connectivity index (χ1n) is 8.41. The maximum absolute atomic E-state index is 13.2. The smallest absolute Gasteiger partial charge is 0.243 e. The van der Waals surface area contributed by atoms with Gasteiger partial charge in [0.15, 0.2) is 0 Å². The van der Waals surface area contributed by atoms with Crippen LogP contribution in [0.3, 0.4) is 0 Å². The number of hydrogen-bond acceptors (Lipinski definition) is 4. The van der Waals surface area contributed by atoms with E-state index >= 15 is 0 Å². The van der Waals surface area contributed by atoms with Crippen molar-refractivity contribution >= 4 is 15.9 Å². The van der Waals surface area contributed by atoms with Gasteiger partial charge in [-0.15, -0.1) is 0 Å². The summed E-state index contributed by atoms with van der Waals surface area (Å²) in [4.78, 5) is 12.3. The third kappa shape index (κ3) is 6.13. The Labute approximate surface area is 159 Å². The number of methoxy groups -OCH3 is 1. The van der Waals surface area contributed by atoms with E-state index in [-0.39, 0.29) is 24.0 Å². The van der Waals surface area contributed by atoms with Gasteiger partial charge in [-0.05, 0) is 36.8 Å². The lowest BCUT2D eigenvalue weighted by Crippen LogP contribution is -2.44. The van der Waals surface area contributed by atoms with Gasteiger partial charge in [-0.2, -0.15) is 4.31 Å². The lowest BCUT2D eigenvalue weighted by Gasteiger charge is -2.23. The number of nitrogens with zero attached hydrogens (tertiary/aromatic N) is 1. The number of benzene rings is 2. The fourth-order valence-corrected chi connectivity index (χ4v) is 3.93. The molecule has 0 aliphatic heterocycles. The third-order valence-electron chi connectivity index (χ3n) is 3.80. The molecule has 2 aromatic rings. The monoisotopic (exact) mass is 394 g/mol. The predicted molar refractivity (Wildman–Crippen MR) is 99.9 cm³/mol. The summed E-state index contributed by atoms with van der Waals surface area (Å²) in [6.45, 7) is 1.74. The molecule has 2 aromatic carbocycles. The molecule has 0 saturated carbocycles. The quantitative estimate of drug-likeness (QED) is 0.707. The highest BCUT2D eigenvalue weighted by Crippen LogP contribution is 2.18. The van der Waals surface area contributed by atoms with Gasteiger partial charge in [-0.3, -0.25) is 4.79 Å². The van der Waals surface area contributed by atoms with E-state index in [1.54, 1.807) is 31.2 Å². The SMILES string of the molecule is COC[C@H](C)NC(=O)CN(Cc1ccccc1)S(=O)(=O)c1ccc(F)cc1. The lowest BCUT2D eigenvalue weighted by atomic mass is 10.2. The van der Waals surface area contributed by atoms with Gasteiger partial charge in [0.1, 0.15) is 5.82 Å². The van der Waals surface area contributed by atoms with Crippen molar-refractivity contribution in [2.24, 2.45) is 0 Å².